The first kappa shape index (κ1) is 16.0. The predicted octanol–water partition coefficient (Wildman–Crippen LogP) is 4.04. The molecule has 3 heterocycles. The molecule has 0 amide bonds. The fourth-order valence-corrected chi connectivity index (χ4v) is 5.87. The summed E-state index contributed by atoms with van der Waals surface area (Å²) in [5.74, 6) is 0.868. The molecular formula is C14H17ClN2O3S2. The summed E-state index contributed by atoms with van der Waals surface area (Å²) in [6, 6.07) is 4.74. The Bertz CT molecular complexity index is 767. The molecule has 0 spiro atoms. The number of hydrogen-bond donors (Lipinski definition) is 0. The first-order chi connectivity index (χ1) is 10.4. The Morgan fingerprint density at radius 3 is 2.82 bits per heavy atom. The highest BCUT2D eigenvalue weighted by Gasteiger charge is 2.39. The van der Waals surface area contributed by atoms with Crippen LogP contribution in [-0.4, -0.2) is 24.4 Å². The second kappa shape index (κ2) is 5.96. The van der Waals surface area contributed by atoms with Crippen molar-refractivity contribution in [1.82, 2.24) is 9.46 Å². The second-order valence-electron chi connectivity index (χ2n) is 5.64. The number of nitrogens with zero attached hydrogens (tertiary/aromatic N) is 2. The monoisotopic (exact) mass is 360 g/mol. The van der Waals surface area contributed by atoms with Crippen molar-refractivity contribution >= 4 is 33.0 Å². The van der Waals surface area contributed by atoms with Crippen molar-refractivity contribution in [3.05, 3.63) is 34.0 Å². The van der Waals surface area contributed by atoms with Crippen LogP contribution in [0.3, 0.4) is 0 Å². The van der Waals surface area contributed by atoms with Crippen molar-refractivity contribution in [3.63, 3.8) is 0 Å². The molecule has 1 aliphatic heterocycles. The quantitative estimate of drug-likeness (QED) is 0.825. The Balaban J connectivity index is 1.92. The van der Waals surface area contributed by atoms with E-state index in [1.807, 2.05) is 19.9 Å². The van der Waals surface area contributed by atoms with Crippen molar-refractivity contribution in [1.29, 1.82) is 0 Å². The lowest BCUT2D eigenvalue weighted by Crippen LogP contribution is -2.30. The van der Waals surface area contributed by atoms with Gasteiger partial charge in [-0.2, -0.15) is 4.31 Å². The van der Waals surface area contributed by atoms with Gasteiger partial charge in [-0.3, -0.25) is 0 Å². The maximum absolute atomic E-state index is 12.8. The molecule has 0 saturated carbocycles. The minimum absolute atomic E-state index is 0.250. The highest BCUT2D eigenvalue weighted by Crippen LogP contribution is 2.39. The first-order valence-corrected chi connectivity index (χ1v) is 9.76. The minimum Gasteiger partial charge on any atom is -0.359 e. The number of aromatic nitrogens is 1. The van der Waals surface area contributed by atoms with E-state index in [4.69, 9.17) is 16.1 Å². The molecule has 0 aromatic carbocycles. The minimum atomic E-state index is -3.55. The van der Waals surface area contributed by atoms with Gasteiger partial charge in [0.05, 0.1) is 16.1 Å². The van der Waals surface area contributed by atoms with Crippen LogP contribution in [0.4, 0.5) is 0 Å². The zero-order valence-corrected chi connectivity index (χ0v) is 14.7. The van der Waals surface area contributed by atoms with E-state index in [1.54, 1.807) is 12.1 Å². The molecule has 1 saturated heterocycles. The maximum Gasteiger partial charge on any atom is 0.253 e. The van der Waals surface area contributed by atoms with Crippen LogP contribution < -0.4 is 0 Å². The Morgan fingerprint density at radius 2 is 2.23 bits per heavy atom. The van der Waals surface area contributed by atoms with Gasteiger partial charge in [0.25, 0.3) is 10.0 Å². The molecular weight excluding hydrogens is 344 g/mol. The van der Waals surface area contributed by atoms with Crippen LogP contribution in [0.2, 0.25) is 4.34 Å². The molecule has 0 aliphatic carbocycles. The van der Waals surface area contributed by atoms with Crippen LogP contribution >= 0.6 is 22.9 Å². The van der Waals surface area contributed by atoms with Crippen LogP contribution in [0.25, 0.3) is 0 Å². The molecule has 0 N–H and O–H groups in total. The Labute approximate surface area is 138 Å². The van der Waals surface area contributed by atoms with Crippen molar-refractivity contribution in [2.24, 2.45) is 0 Å². The van der Waals surface area contributed by atoms with E-state index in [0.717, 1.165) is 29.9 Å². The van der Waals surface area contributed by atoms with E-state index in [0.29, 0.717) is 16.6 Å². The summed E-state index contributed by atoms with van der Waals surface area (Å²) in [5, 5.41) is 4.04. The lowest BCUT2D eigenvalue weighted by molar-refractivity contribution is 0.296. The zero-order valence-electron chi connectivity index (χ0n) is 12.3. The topological polar surface area (TPSA) is 63.4 Å². The summed E-state index contributed by atoms with van der Waals surface area (Å²) in [7, 11) is -3.55. The van der Waals surface area contributed by atoms with Crippen LogP contribution in [-0.2, 0) is 10.0 Å². The summed E-state index contributed by atoms with van der Waals surface area (Å²) >= 11 is 6.95. The summed E-state index contributed by atoms with van der Waals surface area (Å²) in [6.45, 7) is 4.54. The first-order valence-electron chi connectivity index (χ1n) is 7.13. The van der Waals surface area contributed by atoms with Gasteiger partial charge in [-0.05, 0) is 30.9 Å². The maximum atomic E-state index is 12.8. The van der Waals surface area contributed by atoms with E-state index in [-0.39, 0.29) is 16.2 Å². The summed E-state index contributed by atoms with van der Waals surface area (Å²) in [6.07, 6.45) is 1.55. The fraction of sp³-hybridized carbons (Fsp3) is 0.500. The van der Waals surface area contributed by atoms with Crippen LogP contribution in [0.15, 0.2) is 26.9 Å². The highest BCUT2D eigenvalue weighted by molar-refractivity contribution is 7.91. The number of hydrogen-bond acceptors (Lipinski definition) is 5. The summed E-state index contributed by atoms with van der Waals surface area (Å²) < 4.78 is 33.2. The van der Waals surface area contributed by atoms with Crippen molar-refractivity contribution in [2.45, 2.75) is 42.9 Å². The number of rotatable bonds is 4. The average Bonchev–Trinajstić information content (AvgIpc) is 3.18. The molecule has 1 fully saturated rings. The lowest BCUT2D eigenvalue weighted by atomic mass is 10.1. The molecule has 22 heavy (non-hydrogen) atoms. The van der Waals surface area contributed by atoms with Gasteiger partial charge in [0, 0.05) is 12.6 Å². The third kappa shape index (κ3) is 2.82. The van der Waals surface area contributed by atoms with Crippen molar-refractivity contribution < 1.29 is 12.9 Å². The molecule has 8 heteroatoms. The fourth-order valence-electron chi connectivity index (χ4n) is 2.60. The Hall–Kier alpha value is -0.890. The molecule has 1 aliphatic rings. The Morgan fingerprint density at radius 1 is 1.45 bits per heavy atom. The standard InChI is InChI=1S/C14H17ClN2O3S2/c1-9(2)10-8-12(20-16-10)11-4-3-7-17(11)22(18,19)14-6-5-13(15)21-14/h5-6,8-9,11H,3-4,7H2,1-2H3. The average molecular weight is 361 g/mol. The van der Waals surface area contributed by atoms with Crippen LogP contribution in [0.5, 0.6) is 0 Å². The second-order valence-corrected chi connectivity index (χ2v) is 9.47. The molecule has 5 nitrogen and oxygen atoms in total. The van der Waals surface area contributed by atoms with Crippen molar-refractivity contribution in [3.8, 4) is 0 Å². The molecule has 0 bridgehead atoms. The number of sulfonamides is 1. The van der Waals surface area contributed by atoms with E-state index in [2.05, 4.69) is 5.16 Å². The molecule has 0 radical (unpaired) electrons. The lowest BCUT2D eigenvalue weighted by Gasteiger charge is -2.21. The largest absolute Gasteiger partial charge is 0.359 e. The summed E-state index contributed by atoms with van der Waals surface area (Å²) in [4.78, 5) is 0. The molecule has 2 aromatic rings. The van der Waals surface area contributed by atoms with Gasteiger partial charge >= 0.3 is 0 Å². The van der Waals surface area contributed by atoms with E-state index >= 15 is 0 Å². The Kier molecular flexibility index (Phi) is 4.33. The van der Waals surface area contributed by atoms with Gasteiger partial charge < -0.3 is 4.52 Å². The van der Waals surface area contributed by atoms with Gasteiger partial charge in [0.1, 0.15) is 4.21 Å². The normalized spacial score (nSPS) is 20.1. The highest BCUT2D eigenvalue weighted by atomic mass is 35.5. The third-order valence-corrected chi connectivity index (χ3v) is 7.39. The van der Waals surface area contributed by atoms with Gasteiger partial charge in [0.2, 0.25) is 0 Å². The third-order valence-electron chi connectivity index (χ3n) is 3.78. The molecule has 1 atom stereocenters. The number of halogens is 1. The van der Waals surface area contributed by atoms with Gasteiger partial charge in [-0.1, -0.05) is 30.6 Å². The SMILES string of the molecule is CC(C)c1cc(C2CCCN2S(=O)(=O)c2ccc(Cl)s2)on1. The van der Waals surface area contributed by atoms with Crippen molar-refractivity contribution in [2.75, 3.05) is 6.54 Å². The molecule has 120 valence electrons. The van der Waals surface area contributed by atoms with E-state index < -0.39 is 10.0 Å². The smallest absolute Gasteiger partial charge is 0.253 e. The van der Waals surface area contributed by atoms with Gasteiger partial charge in [-0.15, -0.1) is 11.3 Å². The van der Waals surface area contributed by atoms with E-state index in [1.165, 1.54) is 4.31 Å². The molecule has 3 rings (SSSR count). The molecule has 2 aromatic heterocycles. The van der Waals surface area contributed by atoms with Crippen LogP contribution in [0.1, 0.15) is 50.1 Å². The number of thiophene rings is 1. The predicted molar refractivity (Wildman–Crippen MR) is 85.8 cm³/mol. The van der Waals surface area contributed by atoms with E-state index in [9.17, 15) is 8.42 Å². The van der Waals surface area contributed by atoms with Crippen LogP contribution in [0, 0.1) is 0 Å². The van der Waals surface area contributed by atoms with Gasteiger partial charge in [0.15, 0.2) is 5.76 Å². The van der Waals surface area contributed by atoms with Gasteiger partial charge in [-0.25, -0.2) is 8.42 Å². The zero-order chi connectivity index (χ0) is 15.9. The summed E-state index contributed by atoms with van der Waals surface area (Å²) in [5.41, 5.74) is 0.846. The molecule has 1 unspecified atom stereocenters.